The maximum absolute atomic E-state index is 13.5. The van der Waals surface area contributed by atoms with E-state index in [-0.39, 0.29) is 35.7 Å². The molecular weight excluding hydrogens is 397 g/mol. The first-order chi connectivity index (χ1) is 13.7. The first-order valence-electron chi connectivity index (χ1n) is 8.78. The molecule has 29 heavy (non-hydrogen) atoms. The number of nitrogens with one attached hydrogen (secondary N) is 3. The lowest BCUT2D eigenvalue weighted by Crippen LogP contribution is -2.34. The van der Waals surface area contributed by atoms with Gasteiger partial charge in [0.1, 0.15) is 5.82 Å². The van der Waals surface area contributed by atoms with Crippen LogP contribution in [0.2, 0.25) is 0 Å². The standard InChI is InChI=1S/C20H22FN3O4S/c1-3-9-24-29(27,28)17-6-4-5-15(12-17)19(25)22-10-11-23-20(26)16-8-7-14(2)18(21)13-16/h3-8,12-13,24H,1,9-11H2,2H3,(H,22,25)(H,23,26). The molecule has 2 rings (SSSR count). The Kier molecular flexibility index (Phi) is 7.63. The molecule has 0 fully saturated rings. The molecule has 2 amide bonds. The Bertz CT molecular complexity index is 1020. The van der Waals surface area contributed by atoms with Crippen molar-refractivity contribution >= 4 is 21.8 Å². The zero-order valence-electron chi connectivity index (χ0n) is 15.9. The minimum atomic E-state index is -3.74. The van der Waals surface area contributed by atoms with E-state index in [1.165, 1.54) is 42.5 Å². The molecule has 0 aromatic heterocycles. The second-order valence-corrected chi connectivity index (χ2v) is 7.91. The van der Waals surface area contributed by atoms with Crippen LogP contribution < -0.4 is 15.4 Å². The molecule has 0 heterocycles. The largest absolute Gasteiger partial charge is 0.350 e. The molecule has 0 aliphatic heterocycles. The predicted molar refractivity (Wildman–Crippen MR) is 108 cm³/mol. The van der Waals surface area contributed by atoms with Gasteiger partial charge in [-0.15, -0.1) is 6.58 Å². The van der Waals surface area contributed by atoms with Gasteiger partial charge < -0.3 is 10.6 Å². The smallest absolute Gasteiger partial charge is 0.251 e. The average Bonchev–Trinajstić information content (AvgIpc) is 2.71. The maximum Gasteiger partial charge on any atom is 0.251 e. The fourth-order valence-electron chi connectivity index (χ4n) is 2.35. The highest BCUT2D eigenvalue weighted by Gasteiger charge is 2.15. The number of amides is 2. The van der Waals surface area contributed by atoms with Gasteiger partial charge in [-0.25, -0.2) is 17.5 Å². The molecule has 9 heteroatoms. The van der Waals surface area contributed by atoms with Crippen LogP contribution in [0, 0.1) is 12.7 Å². The van der Waals surface area contributed by atoms with Crippen LogP contribution in [0.15, 0.2) is 60.0 Å². The van der Waals surface area contributed by atoms with Crippen LogP contribution in [0.4, 0.5) is 4.39 Å². The van der Waals surface area contributed by atoms with Crippen molar-refractivity contribution in [2.75, 3.05) is 19.6 Å². The zero-order valence-corrected chi connectivity index (χ0v) is 16.7. The van der Waals surface area contributed by atoms with E-state index in [0.29, 0.717) is 5.56 Å². The Hall–Kier alpha value is -3.04. The number of sulfonamides is 1. The van der Waals surface area contributed by atoms with Crippen LogP contribution in [0.5, 0.6) is 0 Å². The number of aryl methyl sites for hydroxylation is 1. The van der Waals surface area contributed by atoms with Crippen LogP contribution in [0.3, 0.4) is 0 Å². The molecule has 0 unspecified atom stereocenters. The van der Waals surface area contributed by atoms with E-state index in [2.05, 4.69) is 21.9 Å². The van der Waals surface area contributed by atoms with Gasteiger partial charge in [0, 0.05) is 30.8 Å². The highest BCUT2D eigenvalue weighted by molar-refractivity contribution is 7.89. The van der Waals surface area contributed by atoms with Crippen molar-refractivity contribution in [3.05, 3.63) is 77.6 Å². The van der Waals surface area contributed by atoms with Crippen molar-refractivity contribution in [1.82, 2.24) is 15.4 Å². The van der Waals surface area contributed by atoms with Crippen LogP contribution >= 0.6 is 0 Å². The summed E-state index contributed by atoms with van der Waals surface area (Å²) in [5, 5.41) is 5.16. The lowest BCUT2D eigenvalue weighted by molar-refractivity contribution is 0.0927. The van der Waals surface area contributed by atoms with E-state index in [1.54, 1.807) is 6.92 Å². The molecule has 0 saturated heterocycles. The average molecular weight is 419 g/mol. The van der Waals surface area contributed by atoms with Crippen LogP contribution in [-0.4, -0.2) is 39.9 Å². The molecule has 0 radical (unpaired) electrons. The Balaban J connectivity index is 1.89. The normalized spacial score (nSPS) is 11.0. The summed E-state index contributed by atoms with van der Waals surface area (Å²) in [5.41, 5.74) is 0.792. The number of hydrogen-bond acceptors (Lipinski definition) is 4. The molecule has 3 N–H and O–H groups in total. The summed E-state index contributed by atoms with van der Waals surface area (Å²) in [6, 6.07) is 9.75. The van der Waals surface area contributed by atoms with Crippen molar-refractivity contribution in [3.8, 4) is 0 Å². The van der Waals surface area contributed by atoms with Crippen molar-refractivity contribution in [1.29, 1.82) is 0 Å². The van der Waals surface area contributed by atoms with Crippen LogP contribution in [0.1, 0.15) is 26.3 Å². The Morgan fingerprint density at radius 2 is 1.66 bits per heavy atom. The molecule has 0 spiro atoms. The fourth-order valence-corrected chi connectivity index (χ4v) is 3.39. The van der Waals surface area contributed by atoms with E-state index in [0.717, 1.165) is 6.07 Å². The summed E-state index contributed by atoms with van der Waals surface area (Å²) in [5.74, 6) is -1.41. The van der Waals surface area contributed by atoms with Gasteiger partial charge in [0.05, 0.1) is 4.90 Å². The number of benzene rings is 2. The Labute approximate surface area is 169 Å². The van der Waals surface area contributed by atoms with E-state index in [4.69, 9.17) is 0 Å². The van der Waals surface area contributed by atoms with Crippen LogP contribution in [-0.2, 0) is 10.0 Å². The second kappa shape index (κ2) is 9.94. The van der Waals surface area contributed by atoms with Gasteiger partial charge in [-0.1, -0.05) is 18.2 Å². The van der Waals surface area contributed by atoms with Gasteiger partial charge in [-0.05, 0) is 42.8 Å². The lowest BCUT2D eigenvalue weighted by Gasteiger charge is -2.09. The highest BCUT2D eigenvalue weighted by atomic mass is 32.2. The summed E-state index contributed by atoms with van der Waals surface area (Å²) in [7, 11) is -3.74. The van der Waals surface area contributed by atoms with Crippen molar-refractivity contribution in [2.45, 2.75) is 11.8 Å². The van der Waals surface area contributed by atoms with Gasteiger partial charge >= 0.3 is 0 Å². The molecule has 2 aromatic rings. The van der Waals surface area contributed by atoms with Crippen molar-refractivity contribution < 1.29 is 22.4 Å². The first kappa shape index (κ1) is 22.3. The number of hydrogen-bond donors (Lipinski definition) is 3. The second-order valence-electron chi connectivity index (χ2n) is 6.14. The summed E-state index contributed by atoms with van der Waals surface area (Å²) in [6.45, 7) is 5.36. The topological polar surface area (TPSA) is 104 Å². The first-order valence-corrected chi connectivity index (χ1v) is 10.3. The predicted octanol–water partition coefficient (Wildman–Crippen LogP) is 1.76. The number of halogens is 1. The van der Waals surface area contributed by atoms with Gasteiger partial charge in [-0.3, -0.25) is 9.59 Å². The SMILES string of the molecule is C=CCNS(=O)(=O)c1cccc(C(=O)NCCNC(=O)c2ccc(C)c(F)c2)c1. The lowest BCUT2D eigenvalue weighted by atomic mass is 10.1. The third-order valence-corrected chi connectivity index (χ3v) is 5.38. The van der Waals surface area contributed by atoms with E-state index in [1.807, 2.05) is 0 Å². The van der Waals surface area contributed by atoms with Gasteiger partial charge in [0.25, 0.3) is 11.8 Å². The minimum Gasteiger partial charge on any atom is -0.350 e. The third kappa shape index (κ3) is 6.23. The quantitative estimate of drug-likeness (QED) is 0.426. The molecule has 0 atom stereocenters. The number of carbonyl (C=O) groups is 2. The van der Waals surface area contributed by atoms with Gasteiger partial charge in [0.2, 0.25) is 10.0 Å². The molecule has 0 bridgehead atoms. The minimum absolute atomic E-state index is 0.0401. The summed E-state index contributed by atoms with van der Waals surface area (Å²) < 4.78 is 40.1. The van der Waals surface area contributed by atoms with Crippen molar-refractivity contribution in [3.63, 3.8) is 0 Å². The zero-order chi connectivity index (χ0) is 21.4. The highest BCUT2D eigenvalue weighted by Crippen LogP contribution is 2.11. The monoisotopic (exact) mass is 419 g/mol. The summed E-state index contributed by atoms with van der Waals surface area (Å²) in [4.78, 5) is 24.2. The number of rotatable bonds is 9. The summed E-state index contributed by atoms with van der Waals surface area (Å²) in [6.07, 6.45) is 1.41. The summed E-state index contributed by atoms with van der Waals surface area (Å²) >= 11 is 0. The number of carbonyl (C=O) groups excluding carboxylic acids is 2. The molecule has 2 aromatic carbocycles. The third-order valence-electron chi connectivity index (χ3n) is 3.95. The Morgan fingerprint density at radius 1 is 1.03 bits per heavy atom. The Morgan fingerprint density at radius 3 is 2.24 bits per heavy atom. The maximum atomic E-state index is 13.5. The van der Waals surface area contributed by atoms with Crippen molar-refractivity contribution in [2.24, 2.45) is 0 Å². The molecule has 0 aliphatic rings. The van der Waals surface area contributed by atoms with E-state index < -0.39 is 27.7 Å². The van der Waals surface area contributed by atoms with E-state index in [9.17, 15) is 22.4 Å². The van der Waals surface area contributed by atoms with Crippen LogP contribution in [0.25, 0.3) is 0 Å². The molecule has 7 nitrogen and oxygen atoms in total. The molecule has 0 saturated carbocycles. The van der Waals surface area contributed by atoms with E-state index >= 15 is 0 Å². The molecule has 154 valence electrons. The van der Waals surface area contributed by atoms with Gasteiger partial charge in [0.15, 0.2) is 0 Å². The molecule has 0 aliphatic carbocycles. The van der Waals surface area contributed by atoms with Gasteiger partial charge in [-0.2, -0.15) is 0 Å². The molecular formula is C20H22FN3O4S. The fraction of sp³-hybridized carbons (Fsp3) is 0.200.